The number of hydrogen-bond acceptors (Lipinski definition) is 3. The molecule has 0 atom stereocenters. The molecule has 120 valence electrons. The highest BCUT2D eigenvalue weighted by atomic mass is 35.5. The maximum Gasteiger partial charge on any atom is 0.244 e. The summed E-state index contributed by atoms with van der Waals surface area (Å²) in [6.45, 7) is 5.02. The lowest BCUT2D eigenvalue weighted by molar-refractivity contribution is 0.274. The Labute approximate surface area is 130 Å². The van der Waals surface area contributed by atoms with Gasteiger partial charge in [0.1, 0.15) is 10.7 Å². The Balaban J connectivity index is 3.35. The van der Waals surface area contributed by atoms with E-state index in [2.05, 4.69) is 4.72 Å². The highest BCUT2D eigenvalue weighted by molar-refractivity contribution is 7.89. The predicted octanol–water partition coefficient (Wildman–Crippen LogP) is 3.22. The van der Waals surface area contributed by atoms with E-state index < -0.39 is 32.9 Å². The molecule has 0 saturated carbocycles. The summed E-state index contributed by atoms with van der Waals surface area (Å²) < 4.78 is 41.7. The van der Waals surface area contributed by atoms with E-state index in [1.165, 1.54) is 6.07 Å². The number of aliphatic hydroxyl groups is 1. The largest absolute Gasteiger partial charge is 0.392 e. The number of hydrogen-bond donors (Lipinski definition) is 2. The zero-order chi connectivity index (χ0) is 16.3. The molecule has 0 aromatic heterocycles. The van der Waals surface area contributed by atoms with E-state index in [0.717, 1.165) is 6.07 Å². The van der Waals surface area contributed by atoms with Crippen LogP contribution in [0.4, 0.5) is 4.39 Å². The van der Waals surface area contributed by atoms with Crippen LogP contribution in [0.3, 0.4) is 0 Å². The van der Waals surface area contributed by atoms with Gasteiger partial charge in [-0.25, -0.2) is 17.5 Å². The van der Waals surface area contributed by atoms with Crippen molar-refractivity contribution in [1.29, 1.82) is 0 Å². The SMILES string of the molecule is CCC(CC)(CC)NS(=O)(=O)c1cc(Cl)cc(CO)c1F. The average molecular weight is 338 g/mol. The number of sulfonamides is 1. The van der Waals surface area contributed by atoms with Gasteiger partial charge < -0.3 is 5.11 Å². The molecule has 0 radical (unpaired) electrons. The Kier molecular flexibility index (Phi) is 6.16. The predicted molar refractivity (Wildman–Crippen MR) is 81.3 cm³/mol. The van der Waals surface area contributed by atoms with Crippen LogP contribution in [-0.2, 0) is 16.6 Å². The minimum atomic E-state index is -4.06. The highest BCUT2D eigenvalue weighted by Crippen LogP contribution is 2.27. The Morgan fingerprint density at radius 2 is 1.76 bits per heavy atom. The summed E-state index contributed by atoms with van der Waals surface area (Å²) in [4.78, 5) is -0.529. The van der Waals surface area contributed by atoms with Crippen LogP contribution < -0.4 is 4.72 Å². The Morgan fingerprint density at radius 3 is 2.19 bits per heavy atom. The van der Waals surface area contributed by atoms with Crippen LogP contribution in [0.2, 0.25) is 5.02 Å². The second-order valence-electron chi connectivity index (χ2n) is 4.98. The van der Waals surface area contributed by atoms with Crippen molar-refractivity contribution in [2.45, 2.75) is 57.1 Å². The quantitative estimate of drug-likeness (QED) is 0.802. The van der Waals surface area contributed by atoms with Gasteiger partial charge in [0, 0.05) is 16.1 Å². The molecular formula is C14H21ClFNO3S. The monoisotopic (exact) mass is 337 g/mol. The van der Waals surface area contributed by atoms with Crippen molar-refractivity contribution in [1.82, 2.24) is 4.72 Å². The van der Waals surface area contributed by atoms with Crippen LogP contribution in [0.25, 0.3) is 0 Å². The van der Waals surface area contributed by atoms with E-state index in [-0.39, 0.29) is 10.6 Å². The molecule has 1 aromatic carbocycles. The third-order valence-electron chi connectivity index (χ3n) is 3.92. The van der Waals surface area contributed by atoms with Crippen molar-refractivity contribution in [3.8, 4) is 0 Å². The second-order valence-corrected chi connectivity index (χ2v) is 7.07. The average Bonchev–Trinajstić information content (AvgIpc) is 2.46. The molecule has 0 spiro atoms. The Bertz CT molecular complexity index is 592. The molecule has 0 aliphatic carbocycles. The molecule has 0 aliphatic heterocycles. The van der Waals surface area contributed by atoms with Crippen molar-refractivity contribution in [3.63, 3.8) is 0 Å². The minimum Gasteiger partial charge on any atom is -0.392 e. The van der Waals surface area contributed by atoms with Crippen LogP contribution in [-0.4, -0.2) is 19.1 Å². The van der Waals surface area contributed by atoms with Crippen molar-refractivity contribution in [3.05, 3.63) is 28.5 Å². The highest BCUT2D eigenvalue weighted by Gasteiger charge is 2.32. The summed E-state index contributed by atoms with van der Waals surface area (Å²) in [5.41, 5.74) is -0.759. The molecule has 0 bridgehead atoms. The zero-order valence-corrected chi connectivity index (χ0v) is 14.0. The first-order valence-electron chi connectivity index (χ1n) is 6.88. The number of nitrogens with one attached hydrogen (secondary N) is 1. The fourth-order valence-electron chi connectivity index (χ4n) is 2.24. The lowest BCUT2D eigenvalue weighted by atomic mass is 9.91. The van der Waals surface area contributed by atoms with Crippen LogP contribution in [0.15, 0.2) is 17.0 Å². The fraction of sp³-hybridized carbons (Fsp3) is 0.571. The van der Waals surface area contributed by atoms with Gasteiger partial charge in [-0.15, -0.1) is 0 Å². The summed E-state index contributed by atoms with van der Waals surface area (Å²) in [6, 6.07) is 2.27. The molecule has 0 aliphatic rings. The van der Waals surface area contributed by atoms with Gasteiger partial charge in [-0.1, -0.05) is 32.4 Å². The first-order valence-corrected chi connectivity index (χ1v) is 8.74. The molecule has 0 amide bonds. The number of aliphatic hydroxyl groups excluding tert-OH is 1. The number of benzene rings is 1. The third kappa shape index (κ3) is 3.94. The van der Waals surface area contributed by atoms with Gasteiger partial charge in [0.25, 0.3) is 0 Å². The maximum absolute atomic E-state index is 14.2. The molecule has 0 unspecified atom stereocenters. The zero-order valence-electron chi connectivity index (χ0n) is 12.4. The van der Waals surface area contributed by atoms with E-state index in [4.69, 9.17) is 16.7 Å². The van der Waals surface area contributed by atoms with Gasteiger partial charge >= 0.3 is 0 Å². The van der Waals surface area contributed by atoms with Crippen LogP contribution in [0, 0.1) is 5.82 Å². The van der Waals surface area contributed by atoms with E-state index in [1.54, 1.807) is 0 Å². The smallest absolute Gasteiger partial charge is 0.244 e. The Morgan fingerprint density at radius 1 is 1.24 bits per heavy atom. The normalized spacial score (nSPS) is 12.7. The topological polar surface area (TPSA) is 66.4 Å². The fourth-order valence-corrected chi connectivity index (χ4v) is 4.30. The lowest BCUT2D eigenvalue weighted by Crippen LogP contribution is -2.47. The molecule has 4 nitrogen and oxygen atoms in total. The van der Waals surface area contributed by atoms with Crippen LogP contribution in [0.5, 0.6) is 0 Å². The number of rotatable bonds is 7. The first kappa shape index (κ1) is 18.4. The molecule has 2 N–H and O–H groups in total. The molecule has 0 heterocycles. The Hall–Kier alpha value is -0.690. The van der Waals surface area contributed by atoms with E-state index in [9.17, 15) is 12.8 Å². The van der Waals surface area contributed by atoms with Gasteiger partial charge in [-0.3, -0.25) is 0 Å². The summed E-state index contributed by atoms with van der Waals surface area (Å²) in [5.74, 6) is -0.966. The molecule has 7 heteroatoms. The first-order chi connectivity index (χ1) is 9.75. The molecule has 1 rings (SSSR count). The molecule has 0 fully saturated rings. The van der Waals surface area contributed by atoms with Crippen LogP contribution >= 0.6 is 11.6 Å². The van der Waals surface area contributed by atoms with Gasteiger partial charge in [0.05, 0.1) is 6.61 Å². The van der Waals surface area contributed by atoms with E-state index >= 15 is 0 Å². The summed E-state index contributed by atoms with van der Waals surface area (Å²) in [6.07, 6.45) is 1.77. The van der Waals surface area contributed by atoms with Gasteiger partial charge in [-0.2, -0.15) is 0 Å². The number of halogens is 2. The lowest BCUT2D eigenvalue weighted by Gasteiger charge is -2.31. The van der Waals surface area contributed by atoms with Crippen molar-refractivity contribution >= 4 is 21.6 Å². The summed E-state index contributed by atoms with van der Waals surface area (Å²) in [7, 11) is -4.06. The molecule has 21 heavy (non-hydrogen) atoms. The maximum atomic E-state index is 14.2. The van der Waals surface area contributed by atoms with Crippen molar-refractivity contribution in [2.24, 2.45) is 0 Å². The summed E-state index contributed by atoms with van der Waals surface area (Å²) in [5, 5.41) is 9.16. The van der Waals surface area contributed by atoms with Crippen LogP contribution in [0.1, 0.15) is 45.6 Å². The van der Waals surface area contributed by atoms with Gasteiger partial charge in [0.2, 0.25) is 10.0 Å². The minimum absolute atomic E-state index is 0.0657. The summed E-state index contributed by atoms with van der Waals surface area (Å²) >= 11 is 5.81. The molecular weight excluding hydrogens is 317 g/mol. The van der Waals surface area contributed by atoms with E-state index in [0.29, 0.717) is 19.3 Å². The third-order valence-corrected chi connectivity index (χ3v) is 5.72. The molecule has 1 aromatic rings. The van der Waals surface area contributed by atoms with Crippen molar-refractivity contribution < 1.29 is 17.9 Å². The van der Waals surface area contributed by atoms with E-state index in [1.807, 2.05) is 20.8 Å². The standard InChI is InChI=1S/C14H21ClFNO3S/c1-4-14(5-2,6-3)17-21(19,20)12-8-11(15)7-10(9-18)13(12)16/h7-8,17-18H,4-6,9H2,1-3H3. The molecule has 0 saturated heterocycles. The van der Waals surface area contributed by atoms with Gasteiger partial charge in [0.15, 0.2) is 0 Å². The van der Waals surface area contributed by atoms with Gasteiger partial charge in [-0.05, 0) is 31.4 Å². The van der Waals surface area contributed by atoms with Crippen molar-refractivity contribution in [2.75, 3.05) is 0 Å². The second kappa shape index (κ2) is 7.05.